The Morgan fingerprint density at radius 2 is 1.39 bits per heavy atom. The number of carbonyl (C=O) groups excluding carboxylic acids is 1. The third-order valence-corrected chi connectivity index (χ3v) is 4.38. The van der Waals surface area contributed by atoms with E-state index in [4.69, 9.17) is 0 Å². The molecule has 5 heteroatoms. The van der Waals surface area contributed by atoms with Gasteiger partial charge in [0, 0.05) is 11.3 Å². The van der Waals surface area contributed by atoms with Crippen LogP contribution in [0.3, 0.4) is 0 Å². The molecule has 1 amide bonds. The largest absolute Gasteiger partial charge is 0.324 e. The van der Waals surface area contributed by atoms with Crippen LogP contribution < -0.4 is 5.32 Å². The van der Waals surface area contributed by atoms with Gasteiger partial charge in [0.1, 0.15) is 12.4 Å². The van der Waals surface area contributed by atoms with Crippen LogP contribution in [0, 0.1) is 6.92 Å². The fourth-order valence-electron chi connectivity index (χ4n) is 3.08. The molecule has 0 saturated heterocycles. The smallest absolute Gasteiger partial charge is 0.246 e. The average Bonchev–Trinajstić information content (AvgIpc) is 3.10. The maximum absolute atomic E-state index is 12.5. The highest BCUT2D eigenvalue weighted by Gasteiger charge is 2.13. The van der Waals surface area contributed by atoms with Crippen LogP contribution in [0.15, 0.2) is 84.9 Å². The summed E-state index contributed by atoms with van der Waals surface area (Å²) in [5, 5.41) is 7.30. The summed E-state index contributed by atoms with van der Waals surface area (Å²) < 4.78 is 1.64. The molecule has 138 valence electrons. The molecule has 0 unspecified atom stereocenters. The molecule has 0 aliphatic rings. The van der Waals surface area contributed by atoms with E-state index in [1.165, 1.54) is 0 Å². The Morgan fingerprint density at radius 1 is 0.821 bits per heavy atom. The quantitative estimate of drug-likeness (QED) is 0.562. The summed E-state index contributed by atoms with van der Waals surface area (Å²) in [5.41, 5.74) is 3.94. The van der Waals surface area contributed by atoms with Gasteiger partial charge in [0.2, 0.25) is 5.91 Å². The summed E-state index contributed by atoms with van der Waals surface area (Å²) in [6.07, 6.45) is 0. The molecular formula is C23H20N4O. The van der Waals surface area contributed by atoms with Gasteiger partial charge >= 0.3 is 0 Å². The van der Waals surface area contributed by atoms with E-state index in [0.717, 1.165) is 22.4 Å². The Hall–Kier alpha value is -3.73. The number of amides is 1. The van der Waals surface area contributed by atoms with Crippen LogP contribution in [0.2, 0.25) is 0 Å². The molecule has 4 aromatic rings. The molecule has 0 aliphatic carbocycles. The monoisotopic (exact) mass is 368 g/mol. The predicted molar refractivity (Wildman–Crippen MR) is 111 cm³/mol. The first-order valence-electron chi connectivity index (χ1n) is 9.11. The molecule has 0 radical (unpaired) electrons. The Labute approximate surface area is 163 Å². The van der Waals surface area contributed by atoms with Gasteiger partial charge < -0.3 is 5.32 Å². The summed E-state index contributed by atoms with van der Waals surface area (Å²) in [6, 6.07) is 27.7. The van der Waals surface area contributed by atoms with Crippen LogP contribution in [0.25, 0.3) is 22.5 Å². The van der Waals surface area contributed by atoms with Gasteiger partial charge in [-0.15, -0.1) is 0 Å². The van der Waals surface area contributed by atoms with E-state index in [-0.39, 0.29) is 12.5 Å². The molecule has 0 spiro atoms. The zero-order chi connectivity index (χ0) is 19.3. The van der Waals surface area contributed by atoms with Crippen LogP contribution in [0.4, 0.5) is 5.69 Å². The van der Waals surface area contributed by atoms with Crippen LogP contribution in [0.1, 0.15) is 5.82 Å². The fraction of sp³-hybridized carbons (Fsp3) is 0.0870. The molecule has 0 fully saturated rings. The fourth-order valence-corrected chi connectivity index (χ4v) is 3.08. The Kier molecular flexibility index (Phi) is 4.97. The van der Waals surface area contributed by atoms with Gasteiger partial charge in [0.25, 0.3) is 0 Å². The number of nitrogens with zero attached hydrogens (tertiary/aromatic N) is 3. The van der Waals surface area contributed by atoms with Crippen molar-refractivity contribution in [2.45, 2.75) is 13.5 Å². The molecule has 1 N–H and O–H groups in total. The van der Waals surface area contributed by atoms with Crippen LogP contribution in [-0.2, 0) is 11.3 Å². The van der Waals surface area contributed by atoms with Crippen molar-refractivity contribution in [2.24, 2.45) is 0 Å². The SMILES string of the molecule is Cc1nc(-c2ccccc2)n(CC(=O)Nc2ccc(-c3ccccc3)cc2)n1. The van der Waals surface area contributed by atoms with Gasteiger partial charge in [-0.3, -0.25) is 4.79 Å². The van der Waals surface area contributed by atoms with E-state index in [1.807, 2.05) is 79.7 Å². The van der Waals surface area contributed by atoms with E-state index < -0.39 is 0 Å². The molecular weight excluding hydrogens is 348 g/mol. The lowest BCUT2D eigenvalue weighted by Crippen LogP contribution is -2.20. The first kappa shape index (κ1) is 17.7. The van der Waals surface area contributed by atoms with Crippen molar-refractivity contribution in [1.82, 2.24) is 14.8 Å². The van der Waals surface area contributed by atoms with Crippen LogP contribution >= 0.6 is 0 Å². The lowest BCUT2D eigenvalue weighted by atomic mass is 10.1. The molecule has 4 rings (SSSR count). The predicted octanol–water partition coefficient (Wildman–Crippen LogP) is 4.56. The number of hydrogen-bond acceptors (Lipinski definition) is 3. The van der Waals surface area contributed by atoms with Crippen molar-refractivity contribution in [3.63, 3.8) is 0 Å². The summed E-state index contributed by atoms with van der Waals surface area (Å²) in [4.78, 5) is 17.0. The van der Waals surface area contributed by atoms with Gasteiger partial charge in [-0.2, -0.15) is 5.10 Å². The topological polar surface area (TPSA) is 59.8 Å². The molecule has 1 heterocycles. The number of anilines is 1. The average molecular weight is 368 g/mol. The highest BCUT2D eigenvalue weighted by atomic mass is 16.2. The van der Waals surface area contributed by atoms with Crippen molar-refractivity contribution in [1.29, 1.82) is 0 Å². The van der Waals surface area contributed by atoms with E-state index >= 15 is 0 Å². The normalized spacial score (nSPS) is 10.6. The van der Waals surface area contributed by atoms with Gasteiger partial charge in [0.05, 0.1) is 0 Å². The summed E-state index contributed by atoms with van der Waals surface area (Å²) in [5.74, 6) is 1.18. The van der Waals surface area contributed by atoms with Crippen molar-refractivity contribution in [2.75, 3.05) is 5.32 Å². The number of aryl methyl sites for hydroxylation is 1. The lowest BCUT2D eigenvalue weighted by molar-refractivity contribution is -0.116. The number of benzene rings is 3. The summed E-state index contributed by atoms with van der Waals surface area (Å²) in [7, 11) is 0. The second-order valence-corrected chi connectivity index (χ2v) is 6.50. The second kappa shape index (κ2) is 7.88. The Balaban J connectivity index is 1.47. The zero-order valence-corrected chi connectivity index (χ0v) is 15.5. The number of aromatic nitrogens is 3. The van der Waals surface area contributed by atoms with Crippen molar-refractivity contribution in [3.05, 3.63) is 90.8 Å². The van der Waals surface area contributed by atoms with Gasteiger partial charge in [0.15, 0.2) is 5.82 Å². The van der Waals surface area contributed by atoms with Crippen molar-refractivity contribution < 1.29 is 4.79 Å². The molecule has 5 nitrogen and oxygen atoms in total. The van der Waals surface area contributed by atoms with Gasteiger partial charge in [-0.05, 0) is 30.2 Å². The Bertz CT molecular complexity index is 1070. The summed E-state index contributed by atoms with van der Waals surface area (Å²) in [6.45, 7) is 1.93. The second-order valence-electron chi connectivity index (χ2n) is 6.50. The molecule has 0 saturated carbocycles. The van der Waals surface area contributed by atoms with E-state index in [9.17, 15) is 4.79 Å². The van der Waals surface area contributed by atoms with E-state index in [2.05, 4.69) is 27.5 Å². The van der Waals surface area contributed by atoms with Crippen molar-refractivity contribution in [3.8, 4) is 22.5 Å². The third kappa shape index (κ3) is 3.99. The number of rotatable bonds is 5. The number of nitrogens with one attached hydrogen (secondary N) is 1. The molecule has 28 heavy (non-hydrogen) atoms. The Morgan fingerprint density at radius 3 is 2.04 bits per heavy atom. The van der Waals surface area contributed by atoms with Crippen molar-refractivity contribution >= 4 is 11.6 Å². The minimum atomic E-state index is -0.144. The lowest BCUT2D eigenvalue weighted by Gasteiger charge is -2.09. The van der Waals surface area contributed by atoms with Gasteiger partial charge in [-0.1, -0.05) is 72.8 Å². The van der Waals surface area contributed by atoms with Crippen LogP contribution in [-0.4, -0.2) is 20.7 Å². The van der Waals surface area contributed by atoms with E-state index in [0.29, 0.717) is 11.6 Å². The zero-order valence-electron chi connectivity index (χ0n) is 15.5. The molecule has 0 bridgehead atoms. The maximum atomic E-state index is 12.5. The molecule has 0 aliphatic heterocycles. The standard InChI is InChI=1S/C23H20N4O/c1-17-24-23(20-10-6-3-7-11-20)27(26-17)16-22(28)25-21-14-12-19(13-15-21)18-8-4-2-5-9-18/h2-15H,16H2,1H3,(H,25,28). The number of hydrogen-bond donors (Lipinski definition) is 1. The molecule has 1 aromatic heterocycles. The first-order valence-corrected chi connectivity index (χ1v) is 9.11. The summed E-state index contributed by atoms with van der Waals surface area (Å²) >= 11 is 0. The highest BCUT2D eigenvalue weighted by molar-refractivity contribution is 5.91. The minimum Gasteiger partial charge on any atom is -0.324 e. The molecule has 0 atom stereocenters. The third-order valence-electron chi connectivity index (χ3n) is 4.38. The minimum absolute atomic E-state index is 0.103. The van der Waals surface area contributed by atoms with E-state index in [1.54, 1.807) is 4.68 Å². The highest BCUT2D eigenvalue weighted by Crippen LogP contribution is 2.21. The van der Waals surface area contributed by atoms with Crippen LogP contribution in [0.5, 0.6) is 0 Å². The number of carbonyl (C=O) groups is 1. The molecule has 3 aromatic carbocycles. The van der Waals surface area contributed by atoms with Gasteiger partial charge in [-0.25, -0.2) is 9.67 Å². The first-order chi connectivity index (χ1) is 13.7. The maximum Gasteiger partial charge on any atom is 0.246 e.